The van der Waals surface area contributed by atoms with E-state index in [9.17, 15) is 24.3 Å². The zero-order valence-electron chi connectivity index (χ0n) is 19.2. The molecule has 1 aromatic rings. The van der Waals surface area contributed by atoms with Gasteiger partial charge in [0.2, 0.25) is 17.7 Å². The van der Waals surface area contributed by atoms with Crippen LogP contribution >= 0.6 is 11.8 Å². The van der Waals surface area contributed by atoms with Gasteiger partial charge in [-0.25, -0.2) is 9.78 Å². The molecular weight excluding hydrogens is 448 g/mol. The average molecular weight is 483 g/mol. The number of nitrogens with zero attached hydrogens (tertiary/aromatic N) is 1. The van der Waals surface area contributed by atoms with E-state index < -0.39 is 35.9 Å². The van der Waals surface area contributed by atoms with Crippen molar-refractivity contribution in [1.82, 2.24) is 31.2 Å². The number of carboxylic acid groups (broad SMARTS) is 1. The lowest BCUT2D eigenvalue weighted by molar-refractivity contribution is -0.142. The molecule has 0 radical (unpaired) electrons. The number of aromatic amines is 1. The third-order valence-electron chi connectivity index (χ3n) is 5.46. The highest BCUT2D eigenvalue weighted by Crippen LogP contribution is 2.09. The predicted molar refractivity (Wildman–Crippen MR) is 125 cm³/mol. The van der Waals surface area contributed by atoms with Crippen LogP contribution < -0.4 is 21.3 Å². The van der Waals surface area contributed by atoms with Gasteiger partial charge in [0, 0.05) is 18.3 Å². The largest absolute Gasteiger partial charge is 0.480 e. The first-order valence-corrected chi connectivity index (χ1v) is 12.5. The number of hydrogen-bond donors (Lipinski definition) is 6. The van der Waals surface area contributed by atoms with Crippen LogP contribution in [0.2, 0.25) is 0 Å². The van der Waals surface area contributed by atoms with E-state index >= 15 is 0 Å². The molecule has 1 saturated heterocycles. The van der Waals surface area contributed by atoms with Crippen LogP contribution in [-0.4, -0.2) is 81.5 Å². The molecule has 0 aromatic carbocycles. The van der Waals surface area contributed by atoms with E-state index in [1.54, 1.807) is 20.0 Å². The highest BCUT2D eigenvalue weighted by Gasteiger charge is 2.33. The van der Waals surface area contributed by atoms with Crippen molar-refractivity contribution >= 4 is 35.5 Å². The molecule has 184 valence electrons. The van der Waals surface area contributed by atoms with Crippen molar-refractivity contribution in [3.63, 3.8) is 0 Å². The standard InChI is InChI=1S/C21H34N6O5S/c1-12(2)17(20(30)25-15(21(31)32)6-8-33-3)27-19(29)16(9-13-10-22-11-24-13)26-18(28)14-5-4-7-23-14/h10-12,14-17,23H,4-9H2,1-3H3,(H,22,24)(H,25,30)(H,26,28)(H,27,29)(H,31,32). The smallest absolute Gasteiger partial charge is 0.326 e. The number of aliphatic carboxylic acids is 1. The van der Waals surface area contributed by atoms with Gasteiger partial charge in [-0.05, 0) is 43.7 Å². The van der Waals surface area contributed by atoms with E-state index in [4.69, 9.17) is 0 Å². The van der Waals surface area contributed by atoms with Crippen molar-refractivity contribution in [3.8, 4) is 0 Å². The first-order chi connectivity index (χ1) is 15.7. The molecule has 33 heavy (non-hydrogen) atoms. The maximum Gasteiger partial charge on any atom is 0.326 e. The zero-order valence-corrected chi connectivity index (χ0v) is 20.0. The Labute approximate surface area is 197 Å². The molecule has 4 unspecified atom stereocenters. The highest BCUT2D eigenvalue weighted by molar-refractivity contribution is 7.98. The molecular formula is C21H34N6O5S. The Morgan fingerprint density at radius 1 is 1.18 bits per heavy atom. The van der Waals surface area contributed by atoms with E-state index in [0.29, 0.717) is 17.9 Å². The van der Waals surface area contributed by atoms with E-state index in [0.717, 1.165) is 13.0 Å². The second kappa shape index (κ2) is 13.2. The normalized spacial score (nSPS) is 18.4. The third kappa shape index (κ3) is 8.35. The molecule has 1 fully saturated rings. The summed E-state index contributed by atoms with van der Waals surface area (Å²) in [5.41, 5.74) is 0.656. The molecule has 6 N–H and O–H groups in total. The van der Waals surface area contributed by atoms with Crippen LogP contribution in [0.1, 0.15) is 38.8 Å². The molecule has 11 nitrogen and oxygen atoms in total. The summed E-state index contributed by atoms with van der Waals surface area (Å²) in [5, 5.41) is 20.5. The van der Waals surface area contributed by atoms with Crippen molar-refractivity contribution in [2.75, 3.05) is 18.6 Å². The number of amides is 3. The number of thioether (sulfide) groups is 1. The molecule has 0 saturated carbocycles. The lowest BCUT2D eigenvalue weighted by atomic mass is 10.0. The zero-order chi connectivity index (χ0) is 24.4. The molecule has 0 bridgehead atoms. The Hall–Kier alpha value is -2.60. The maximum absolute atomic E-state index is 13.2. The van der Waals surface area contributed by atoms with E-state index in [1.807, 2.05) is 6.26 Å². The Balaban J connectivity index is 2.10. The number of nitrogens with one attached hydrogen (secondary N) is 5. The van der Waals surface area contributed by atoms with E-state index in [1.165, 1.54) is 18.1 Å². The number of carboxylic acids is 1. The summed E-state index contributed by atoms with van der Waals surface area (Å²) in [6, 6.07) is -3.29. The van der Waals surface area contributed by atoms with Gasteiger partial charge in [0.25, 0.3) is 0 Å². The van der Waals surface area contributed by atoms with Crippen molar-refractivity contribution in [3.05, 3.63) is 18.2 Å². The number of rotatable bonds is 13. The molecule has 0 spiro atoms. The SMILES string of the molecule is CSCCC(NC(=O)C(NC(=O)C(Cc1cnc[nH]1)NC(=O)C1CCCN1)C(C)C)C(=O)O. The van der Waals surface area contributed by atoms with Crippen LogP contribution in [0.5, 0.6) is 0 Å². The maximum atomic E-state index is 13.2. The molecule has 12 heteroatoms. The molecule has 1 aliphatic rings. The summed E-state index contributed by atoms with van der Waals surface area (Å²) >= 11 is 1.48. The van der Waals surface area contributed by atoms with Crippen molar-refractivity contribution < 1.29 is 24.3 Å². The minimum atomic E-state index is -1.13. The van der Waals surface area contributed by atoms with Gasteiger partial charge in [-0.15, -0.1) is 0 Å². The van der Waals surface area contributed by atoms with Gasteiger partial charge in [0.05, 0.1) is 12.4 Å². The molecule has 2 rings (SSSR count). The van der Waals surface area contributed by atoms with E-state index in [2.05, 4.69) is 31.2 Å². The van der Waals surface area contributed by atoms with Gasteiger partial charge < -0.3 is 31.4 Å². The minimum Gasteiger partial charge on any atom is -0.480 e. The monoisotopic (exact) mass is 482 g/mol. The van der Waals surface area contributed by atoms with Gasteiger partial charge in [-0.3, -0.25) is 14.4 Å². The quantitative estimate of drug-likeness (QED) is 0.222. The minimum absolute atomic E-state index is 0.169. The number of carbonyl (C=O) groups is 4. The number of hydrogen-bond acceptors (Lipinski definition) is 7. The number of H-pyrrole nitrogens is 1. The molecule has 0 aliphatic carbocycles. The van der Waals surface area contributed by atoms with Crippen molar-refractivity contribution in [2.45, 2.75) is 63.7 Å². The van der Waals surface area contributed by atoms with Gasteiger partial charge in [-0.1, -0.05) is 13.8 Å². The topological polar surface area (TPSA) is 165 Å². The average Bonchev–Trinajstić information content (AvgIpc) is 3.47. The summed E-state index contributed by atoms with van der Waals surface area (Å²) in [6.07, 6.45) is 6.91. The van der Waals surface area contributed by atoms with Crippen LogP contribution in [0.3, 0.4) is 0 Å². The number of carbonyl (C=O) groups excluding carboxylic acids is 3. The summed E-state index contributed by atoms with van der Waals surface area (Å²) in [6.45, 7) is 4.26. The van der Waals surface area contributed by atoms with Gasteiger partial charge in [0.1, 0.15) is 18.1 Å². The fourth-order valence-corrected chi connectivity index (χ4v) is 4.02. The molecule has 1 aliphatic heterocycles. The second-order valence-electron chi connectivity index (χ2n) is 8.40. The summed E-state index contributed by atoms with van der Waals surface area (Å²) in [4.78, 5) is 57.0. The Kier molecular flexibility index (Phi) is 10.7. The predicted octanol–water partition coefficient (Wildman–Crippen LogP) is -0.348. The Bertz CT molecular complexity index is 797. The summed E-state index contributed by atoms with van der Waals surface area (Å²) in [7, 11) is 0. The Morgan fingerprint density at radius 2 is 1.94 bits per heavy atom. The third-order valence-corrected chi connectivity index (χ3v) is 6.10. The molecule has 1 aromatic heterocycles. The second-order valence-corrected chi connectivity index (χ2v) is 9.39. The lowest BCUT2D eigenvalue weighted by Crippen LogP contribution is -2.58. The summed E-state index contributed by atoms with van der Waals surface area (Å²) < 4.78 is 0. The molecule has 4 atom stereocenters. The fourth-order valence-electron chi connectivity index (χ4n) is 3.55. The molecule has 2 heterocycles. The van der Waals surface area contributed by atoms with Crippen LogP contribution in [0.4, 0.5) is 0 Å². The van der Waals surface area contributed by atoms with Gasteiger partial charge >= 0.3 is 5.97 Å². The fraction of sp³-hybridized carbons (Fsp3) is 0.667. The van der Waals surface area contributed by atoms with E-state index in [-0.39, 0.29) is 30.7 Å². The Morgan fingerprint density at radius 3 is 2.48 bits per heavy atom. The molecule has 3 amide bonds. The first kappa shape index (κ1) is 26.7. The van der Waals surface area contributed by atoms with Crippen LogP contribution in [0.15, 0.2) is 12.5 Å². The summed E-state index contributed by atoms with van der Waals surface area (Å²) in [5.74, 6) is -2.23. The van der Waals surface area contributed by atoms with Crippen molar-refractivity contribution in [1.29, 1.82) is 0 Å². The van der Waals surface area contributed by atoms with Gasteiger partial charge in [0.15, 0.2) is 0 Å². The number of aromatic nitrogens is 2. The lowest BCUT2D eigenvalue weighted by Gasteiger charge is -2.27. The van der Waals surface area contributed by atoms with Crippen LogP contribution in [-0.2, 0) is 25.6 Å². The number of imidazole rings is 1. The van der Waals surface area contributed by atoms with Crippen LogP contribution in [0, 0.1) is 5.92 Å². The van der Waals surface area contributed by atoms with Crippen LogP contribution in [0.25, 0.3) is 0 Å². The van der Waals surface area contributed by atoms with Crippen molar-refractivity contribution in [2.24, 2.45) is 5.92 Å². The highest BCUT2D eigenvalue weighted by atomic mass is 32.2. The van der Waals surface area contributed by atoms with Gasteiger partial charge in [-0.2, -0.15) is 11.8 Å². The first-order valence-electron chi connectivity index (χ1n) is 11.1.